The smallest absolute Gasteiger partial charge is 0 e. The van der Waals surface area contributed by atoms with Crippen LogP contribution in [-0.4, -0.2) is 0 Å². The van der Waals surface area contributed by atoms with Gasteiger partial charge in [-0.1, -0.05) is 24.3 Å². The third-order valence-corrected chi connectivity index (χ3v) is 1.33. The fourth-order valence-corrected chi connectivity index (χ4v) is 0.856. The minimum absolute atomic E-state index is 0. The third kappa shape index (κ3) is 4.62. The van der Waals surface area contributed by atoms with Crippen LogP contribution in [0.4, 0.5) is 0 Å². The van der Waals surface area contributed by atoms with E-state index in [-0.39, 0.29) is 20.1 Å². The van der Waals surface area contributed by atoms with Crippen LogP contribution in [-0.2, 0) is 20.1 Å². The second-order valence-electron chi connectivity index (χ2n) is 2.10. The van der Waals surface area contributed by atoms with Crippen LogP contribution in [0.15, 0.2) is 24.3 Å². The van der Waals surface area contributed by atoms with E-state index in [1.165, 1.54) is 25.7 Å². The molecule has 0 saturated heterocycles. The Balaban J connectivity index is 0.000000640. The van der Waals surface area contributed by atoms with Gasteiger partial charge in [0.05, 0.1) is 0 Å². The van der Waals surface area contributed by atoms with Gasteiger partial charge < -0.3 is 0 Å². The van der Waals surface area contributed by atoms with Gasteiger partial charge in [-0.05, 0) is 25.7 Å². The summed E-state index contributed by atoms with van der Waals surface area (Å²) in [4.78, 5) is 0. The Hall–Kier alpha value is 0.129. The minimum atomic E-state index is 0. The Morgan fingerprint density at radius 1 is 0.556 bits per heavy atom. The van der Waals surface area contributed by atoms with Crippen molar-refractivity contribution in [2.75, 3.05) is 0 Å². The van der Waals surface area contributed by atoms with Gasteiger partial charge in [0.1, 0.15) is 0 Å². The molecule has 0 aliphatic heterocycles. The van der Waals surface area contributed by atoms with Gasteiger partial charge in [-0.25, -0.2) is 0 Å². The molecule has 0 aromatic heterocycles. The van der Waals surface area contributed by atoms with Crippen molar-refractivity contribution in [2.24, 2.45) is 0 Å². The summed E-state index contributed by atoms with van der Waals surface area (Å²) in [5.74, 6) is 0. The first-order valence-corrected chi connectivity index (χ1v) is 3.30. The first-order chi connectivity index (χ1) is 4.00. The van der Waals surface area contributed by atoms with Crippen LogP contribution in [0, 0.1) is 0 Å². The molecule has 0 saturated carbocycles. The van der Waals surface area contributed by atoms with Crippen LogP contribution in [0.3, 0.4) is 0 Å². The van der Waals surface area contributed by atoms with Crippen molar-refractivity contribution in [3.63, 3.8) is 0 Å². The van der Waals surface area contributed by atoms with E-state index in [1.807, 2.05) is 0 Å². The van der Waals surface area contributed by atoms with E-state index in [0.29, 0.717) is 0 Å². The Morgan fingerprint density at radius 3 is 1.00 bits per heavy atom. The van der Waals surface area contributed by atoms with Gasteiger partial charge in [-0.3, -0.25) is 0 Å². The predicted molar refractivity (Wildman–Crippen MR) is 36.7 cm³/mol. The molecular formula is C8H12Ir. The van der Waals surface area contributed by atoms with Crippen molar-refractivity contribution in [1.82, 2.24) is 0 Å². The van der Waals surface area contributed by atoms with E-state index in [1.54, 1.807) is 0 Å². The first-order valence-electron chi connectivity index (χ1n) is 3.30. The van der Waals surface area contributed by atoms with Crippen LogP contribution in [0.25, 0.3) is 0 Å². The summed E-state index contributed by atoms with van der Waals surface area (Å²) >= 11 is 0. The van der Waals surface area contributed by atoms with E-state index in [0.717, 1.165) is 0 Å². The van der Waals surface area contributed by atoms with Gasteiger partial charge in [0, 0.05) is 20.1 Å². The molecule has 0 nitrogen and oxygen atoms in total. The normalized spacial score (nSPS) is 21.3. The standard InChI is InChI=1S/C8H12.Ir/c1-2-4-6-8-7-5-3-1;/h1-2,7-8H,3-6H2;/b2-1-,8-7?;. The number of allylic oxidation sites excluding steroid dienone is 4. The molecule has 1 aliphatic carbocycles. The van der Waals surface area contributed by atoms with E-state index in [4.69, 9.17) is 0 Å². The molecule has 0 N–H and O–H groups in total. The molecule has 0 fully saturated rings. The maximum atomic E-state index is 2.27. The molecule has 0 spiro atoms. The summed E-state index contributed by atoms with van der Waals surface area (Å²) in [6.07, 6.45) is 14.0. The summed E-state index contributed by atoms with van der Waals surface area (Å²) in [5.41, 5.74) is 0. The van der Waals surface area contributed by atoms with Gasteiger partial charge in [-0.15, -0.1) is 0 Å². The van der Waals surface area contributed by atoms with E-state index in [9.17, 15) is 0 Å². The Labute approximate surface area is 70.4 Å². The fraction of sp³-hybridized carbons (Fsp3) is 0.500. The molecule has 1 rings (SSSR count). The van der Waals surface area contributed by atoms with Crippen molar-refractivity contribution in [1.29, 1.82) is 0 Å². The molecule has 0 amide bonds. The summed E-state index contributed by atoms with van der Waals surface area (Å²) in [7, 11) is 0. The molecular weight excluding hydrogens is 288 g/mol. The van der Waals surface area contributed by atoms with Gasteiger partial charge in [0.15, 0.2) is 0 Å². The maximum absolute atomic E-state index is 2.27. The summed E-state index contributed by atoms with van der Waals surface area (Å²) < 4.78 is 0. The SMILES string of the molecule is C1=CCC/C=C\CC1.[Ir]. The van der Waals surface area contributed by atoms with Gasteiger partial charge in [0.2, 0.25) is 0 Å². The molecule has 0 bridgehead atoms. The summed E-state index contributed by atoms with van der Waals surface area (Å²) in [6, 6.07) is 0. The quantitative estimate of drug-likeness (QED) is 0.603. The molecule has 1 aliphatic rings. The van der Waals surface area contributed by atoms with Gasteiger partial charge >= 0.3 is 0 Å². The zero-order valence-corrected chi connectivity index (χ0v) is 7.87. The Morgan fingerprint density at radius 2 is 0.778 bits per heavy atom. The molecule has 0 heterocycles. The summed E-state index contributed by atoms with van der Waals surface area (Å²) in [5, 5.41) is 0. The van der Waals surface area contributed by atoms with E-state index < -0.39 is 0 Å². The molecule has 9 heavy (non-hydrogen) atoms. The molecule has 1 radical (unpaired) electrons. The average molecular weight is 300 g/mol. The molecule has 0 aromatic rings. The van der Waals surface area contributed by atoms with Crippen molar-refractivity contribution in [3.05, 3.63) is 24.3 Å². The Kier molecular flexibility index (Phi) is 6.34. The van der Waals surface area contributed by atoms with Crippen LogP contribution in [0.5, 0.6) is 0 Å². The van der Waals surface area contributed by atoms with Gasteiger partial charge in [0.25, 0.3) is 0 Å². The Bertz CT molecular complexity index is 77.1. The van der Waals surface area contributed by atoms with Crippen LogP contribution in [0.1, 0.15) is 25.7 Å². The molecule has 0 atom stereocenters. The summed E-state index contributed by atoms with van der Waals surface area (Å²) in [6.45, 7) is 0. The average Bonchev–Trinajstić information content (AvgIpc) is 1.62. The van der Waals surface area contributed by atoms with Crippen molar-refractivity contribution >= 4 is 0 Å². The van der Waals surface area contributed by atoms with Crippen molar-refractivity contribution in [3.8, 4) is 0 Å². The maximum Gasteiger partial charge on any atom is 0 e. The van der Waals surface area contributed by atoms with Crippen LogP contribution in [0.2, 0.25) is 0 Å². The second kappa shape index (κ2) is 6.25. The third-order valence-electron chi connectivity index (χ3n) is 1.33. The van der Waals surface area contributed by atoms with Crippen LogP contribution >= 0.6 is 0 Å². The van der Waals surface area contributed by atoms with Crippen molar-refractivity contribution < 1.29 is 20.1 Å². The number of hydrogen-bond acceptors (Lipinski definition) is 0. The predicted octanol–water partition coefficient (Wildman–Crippen LogP) is 2.67. The first kappa shape index (κ1) is 9.13. The zero-order chi connectivity index (χ0) is 5.66. The largest absolute Gasteiger partial charge is 0.0882 e. The van der Waals surface area contributed by atoms with Gasteiger partial charge in [-0.2, -0.15) is 0 Å². The van der Waals surface area contributed by atoms with Crippen LogP contribution < -0.4 is 0 Å². The zero-order valence-electron chi connectivity index (χ0n) is 5.47. The molecule has 53 valence electrons. The monoisotopic (exact) mass is 301 g/mol. The molecule has 1 heteroatoms. The number of rotatable bonds is 0. The van der Waals surface area contributed by atoms with Crippen molar-refractivity contribution in [2.45, 2.75) is 25.7 Å². The van der Waals surface area contributed by atoms with E-state index >= 15 is 0 Å². The fourth-order valence-electron chi connectivity index (χ4n) is 0.856. The van der Waals surface area contributed by atoms with E-state index in [2.05, 4.69) is 24.3 Å². The molecule has 0 unspecified atom stereocenters. The minimum Gasteiger partial charge on any atom is -0.0882 e. The topological polar surface area (TPSA) is 0 Å². The molecule has 0 aromatic carbocycles. The number of hydrogen-bond donors (Lipinski definition) is 0. The second-order valence-corrected chi connectivity index (χ2v) is 2.10.